The van der Waals surface area contributed by atoms with E-state index >= 15 is 0 Å². The van der Waals surface area contributed by atoms with Crippen molar-refractivity contribution in [3.8, 4) is 0 Å². The highest BCUT2D eigenvalue weighted by molar-refractivity contribution is 7.10. The van der Waals surface area contributed by atoms with Crippen LogP contribution in [0.25, 0.3) is 0 Å². The second-order valence-corrected chi connectivity index (χ2v) is 5.48. The zero-order valence-corrected chi connectivity index (χ0v) is 12.3. The van der Waals surface area contributed by atoms with Gasteiger partial charge in [0, 0.05) is 16.8 Å². The number of carbonyl (C=O) groups is 1. The average molecular weight is 304 g/mol. The molecule has 2 aromatic rings. The number of aromatic nitrogens is 1. The second kappa shape index (κ2) is 6.84. The van der Waals surface area contributed by atoms with Crippen LogP contribution in [0.3, 0.4) is 0 Å². The highest BCUT2D eigenvalue weighted by Crippen LogP contribution is 2.15. The van der Waals surface area contributed by atoms with Crippen molar-refractivity contribution in [2.45, 2.75) is 20.0 Å². The monoisotopic (exact) mass is 303 g/mol. The highest BCUT2D eigenvalue weighted by atomic mass is 35.5. The van der Waals surface area contributed by atoms with E-state index in [1.165, 1.54) is 21.8 Å². The molecule has 0 unspecified atom stereocenters. The summed E-state index contributed by atoms with van der Waals surface area (Å²) in [6.45, 7) is 2.97. The van der Waals surface area contributed by atoms with Gasteiger partial charge in [0.15, 0.2) is 0 Å². The number of halogens is 1. The number of nitrogens with one attached hydrogen (secondary N) is 1. The van der Waals surface area contributed by atoms with Crippen molar-refractivity contribution >= 4 is 41.0 Å². The van der Waals surface area contributed by atoms with Crippen molar-refractivity contribution in [3.05, 3.63) is 38.0 Å². The van der Waals surface area contributed by atoms with E-state index in [1.807, 2.05) is 18.4 Å². The minimum atomic E-state index is -0.145. The van der Waals surface area contributed by atoms with Crippen LogP contribution in [-0.4, -0.2) is 10.9 Å². The Morgan fingerprint density at radius 3 is 2.83 bits per heavy atom. The number of aryl methyl sites for hydroxylation is 1. The van der Waals surface area contributed by atoms with E-state index in [2.05, 4.69) is 10.3 Å². The molecule has 0 saturated heterocycles. The van der Waals surface area contributed by atoms with E-state index in [1.54, 1.807) is 16.7 Å². The Hall–Kier alpha value is -0.950. The van der Waals surface area contributed by atoms with Gasteiger partial charge in [0.2, 0.25) is 0 Å². The first-order chi connectivity index (χ1) is 8.20. The van der Waals surface area contributed by atoms with Gasteiger partial charge >= 0.3 is 0 Å². The Kier molecular flexibility index (Phi) is 5.74. The van der Waals surface area contributed by atoms with Crippen LogP contribution in [0.4, 0.5) is 0 Å². The molecule has 0 radical (unpaired) electrons. The SMILES string of the molecule is Cc1ccsc1CNC(=O)c1csc(CN)n1.Cl. The number of amides is 1. The second-order valence-electron chi connectivity index (χ2n) is 3.54. The van der Waals surface area contributed by atoms with E-state index < -0.39 is 0 Å². The predicted octanol–water partition coefficient (Wildman–Crippen LogP) is 2.32. The molecule has 0 bridgehead atoms. The van der Waals surface area contributed by atoms with E-state index in [-0.39, 0.29) is 18.3 Å². The maximum Gasteiger partial charge on any atom is 0.271 e. The van der Waals surface area contributed by atoms with E-state index in [0.717, 1.165) is 5.01 Å². The number of nitrogens with two attached hydrogens (primary N) is 1. The van der Waals surface area contributed by atoms with Gasteiger partial charge in [0.1, 0.15) is 10.7 Å². The predicted molar refractivity (Wildman–Crippen MR) is 77.5 cm³/mol. The molecule has 4 nitrogen and oxygen atoms in total. The maximum atomic E-state index is 11.8. The first-order valence-corrected chi connectivity index (χ1v) is 6.92. The van der Waals surface area contributed by atoms with Crippen LogP contribution in [0.1, 0.15) is 25.9 Å². The molecular formula is C11H14ClN3OS2. The third-order valence-electron chi connectivity index (χ3n) is 2.34. The lowest BCUT2D eigenvalue weighted by Crippen LogP contribution is -2.23. The minimum absolute atomic E-state index is 0. The summed E-state index contributed by atoms with van der Waals surface area (Å²) in [6, 6.07) is 2.04. The van der Waals surface area contributed by atoms with Crippen LogP contribution >= 0.6 is 35.1 Å². The number of thiophene rings is 1. The van der Waals surface area contributed by atoms with Gasteiger partial charge in [-0.05, 0) is 23.9 Å². The molecule has 0 fully saturated rings. The topological polar surface area (TPSA) is 68.0 Å². The third kappa shape index (κ3) is 3.52. The average Bonchev–Trinajstić information content (AvgIpc) is 2.94. The number of thiazole rings is 1. The molecule has 0 atom stereocenters. The van der Waals surface area contributed by atoms with Gasteiger partial charge in [-0.1, -0.05) is 0 Å². The Morgan fingerprint density at radius 1 is 1.50 bits per heavy atom. The van der Waals surface area contributed by atoms with Crippen LogP contribution in [0.15, 0.2) is 16.8 Å². The van der Waals surface area contributed by atoms with Crippen LogP contribution < -0.4 is 11.1 Å². The highest BCUT2D eigenvalue weighted by Gasteiger charge is 2.10. The van der Waals surface area contributed by atoms with Gasteiger partial charge in [-0.15, -0.1) is 35.1 Å². The first kappa shape index (κ1) is 15.1. The molecule has 0 aliphatic carbocycles. The fourth-order valence-electron chi connectivity index (χ4n) is 1.35. The number of hydrogen-bond acceptors (Lipinski definition) is 5. The van der Waals surface area contributed by atoms with Gasteiger partial charge in [0.25, 0.3) is 5.91 Å². The van der Waals surface area contributed by atoms with Crippen LogP contribution in [-0.2, 0) is 13.1 Å². The molecule has 0 spiro atoms. The summed E-state index contributed by atoms with van der Waals surface area (Å²) in [5.74, 6) is -0.145. The van der Waals surface area contributed by atoms with E-state index in [0.29, 0.717) is 18.8 Å². The van der Waals surface area contributed by atoms with Gasteiger partial charge in [-0.25, -0.2) is 4.98 Å². The Balaban J connectivity index is 0.00000162. The molecular weight excluding hydrogens is 290 g/mol. The lowest BCUT2D eigenvalue weighted by molar-refractivity contribution is 0.0947. The molecule has 7 heteroatoms. The number of nitrogens with zero attached hydrogens (tertiary/aromatic N) is 1. The molecule has 0 aromatic carbocycles. The summed E-state index contributed by atoms with van der Waals surface area (Å²) in [5, 5.41) is 7.39. The molecule has 2 rings (SSSR count). The largest absolute Gasteiger partial charge is 0.346 e. The third-order valence-corrected chi connectivity index (χ3v) is 4.23. The molecule has 0 aliphatic heterocycles. The summed E-state index contributed by atoms with van der Waals surface area (Å²) in [5.41, 5.74) is 7.11. The zero-order chi connectivity index (χ0) is 12.3. The summed E-state index contributed by atoms with van der Waals surface area (Å²) in [4.78, 5) is 17.1. The quantitative estimate of drug-likeness (QED) is 0.911. The summed E-state index contributed by atoms with van der Waals surface area (Å²) in [6.07, 6.45) is 0. The Bertz CT molecular complexity index is 524. The standard InChI is InChI=1S/C11H13N3OS2.ClH/c1-7-2-3-16-9(7)5-13-11(15)8-6-17-10(4-12)14-8;/h2-3,6H,4-5,12H2,1H3,(H,13,15);1H. The minimum Gasteiger partial charge on any atom is -0.346 e. The van der Waals surface area contributed by atoms with Crippen molar-refractivity contribution in [1.82, 2.24) is 10.3 Å². The number of carbonyl (C=O) groups excluding carboxylic acids is 1. The molecule has 2 aromatic heterocycles. The van der Waals surface area contributed by atoms with Crippen molar-refractivity contribution in [1.29, 1.82) is 0 Å². The molecule has 2 heterocycles. The lowest BCUT2D eigenvalue weighted by atomic mass is 10.3. The van der Waals surface area contributed by atoms with Gasteiger partial charge in [0.05, 0.1) is 6.54 Å². The van der Waals surface area contributed by atoms with E-state index in [9.17, 15) is 4.79 Å². The van der Waals surface area contributed by atoms with Crippen molar-refractivity contribution < 1.29 is 4.79 Å². The molecule has 0 aliphatic rings. The summed E-state index contributed by atoms with van der Waals surface area (Å²) < 4.78 is 0. The molecule has 0 saturated carbocycles. The van der Waals surface area contributed by atoms with Crippen LogP contribution in [0.2, 0.25) is 0 Å². The van der Waals surface area contributed by atoms with Crippen LogP contribution in [0.5, 0.6) is 0 Å². The molecule has 3 N–H and O–H groups in total. The Labute approximate surface area is 120 Å². The molecule has 98 valence electrons. The molecule has 1 amide bonds. The van der Waals surface area contributed by atoms with Crippen LogP contribution in [0, 0.1) is 6.92 Å². The van der Waals surface area contributed by atoms with Crippen molar-refractivity contribution in [2.75, 3.05) is 0 Å². The summed E-state index contributed by atoms with van der Waals surface area (Å²) in [7, 11) is 0. The fraction of sp³-hybridized carbons (Fsp3) is 0.273. The maximum absolute atomic E-state index is 11.8. The zero-order valence-electron chi connectivity index (χ0n) is 9.80. The lowest BCUT2D eigenvalue weighted by Gasteiger charge is -2.02. The van der Waals surface area contributed by atoms with Crippen molar-refractivity contribution in [2.24, 2.45) is 5.73 Å². The van der Waals surface area contributed by atoms with Crippen molar-refractivity contribution in [3.63, 3.8) is 0 Å². The number of hydrogen-bond donors (Lipinski definition) is 2. The number of rotatable bonds is 4. The normalized spacial score (nSPS) is 9.89. The summed E-state index contributed by atoms with van der Waals surface area (Å²) >= 11 is 3.05. The van der Waals surface area contributed by atoms with Gasteiger partial charge in [-0.3, -0.25) is 4.79 Å². The smallest absolute Gasteiger partial charge is 0.271 e. The Morgan fingerprint density at radius 2 is 2.28 bits per heavy atom. The molecule has 18 heavy (non-hydrogen) atoms. The van der Waals surface area contributed by atoms with E-state index in [4.69, 9.17) is 5.73 Å². The van der Waals surface area contributed by atoms with Gasteiger partial charge in [-0.2, -0.15) is 0 Å². The fourth-order valence-corrected chi connectivity index (χ4v) is 2.85. The first-order valence-electron chi connectivity index (χ1n) is 5.16. The van der Waals surface area contributed by atoms with Gasteiger partial charge < -0.3 is 11.1 Å².